The van der Waals surface area contributed by atoms with Gasteiger partial charge in [0, 0.05) is 19.5 Å². The number of rotatable bonds is 1. The summed E-state index contributed by atoms with van der Waals surface area (Å²) in [6.45, 7) is -5.55. The van der Waals surface area contributed by atoms with Crippen molar-refractivity contribution >= 4 is 31.9 Å². The van der Waals surface area contributed by atoms with Crippen LogP contribution in [-0.2, 0) is 6.50 Å². The number of imidazole rings is 1. The highest BCUT2D eigenvalue weighted by atomic mass is 79.9. The van der Waals surface area contributed by atoms with Gasteiger partial charge in [0.25, 0.3) is 0 Å². The highest BCUT2D eigenvalue weighted by molar-refractivity contribution is 9.11. The fourth-order valence-electron chi connectivity index (χ4n) is 0.368. The fraction of sp³-hybridized carbons (Fsp3) is 0.400. The van der Waals surface area contributed by atoms with E-state index in [9.17, 15) is 0 Å². The second-order valence-electron chi connectivity index (χ2n) is 1.23. The summed E-state index contributed by atoms with van der Waals surface area (Å²) in [7, 11) is 0. The van der Waals surface area contributed by atoms with Crippen molar-refractivity contribution in [2.75, 3.05) is 0 Å². The van der Waals surface area contributed by atoms with E-state index >= 15 is 0 Å². The van der Waals surface area contributed by atoms with E-state index in [1.165, 1.54) is 0 Å². The molecule has 1 aromatic rings. The molecule has 0 spiro atoms. The Hall–Kier alpha value is 0.170. The monoisotopic (exact) mass is 258 g/mol. The number of aromatic nitrogens is 2. The summed E-state index contributed by atoms with van der Waals surface area (Å²) >= 11 is 5.83. The first kappa shape index (κ1) is 2.66. The molecule has 0 aromatic carbocycles. The Morgan fingerprint density at radius 3 is 3.33 bits per heavy atom. The van der Waals surface area contributed by atoms with Gasteiger partial charge in [0.15, 0.2) is 4.73 Å². The van der Waals surface area contributed by atoms with E-state index in [0.29, 0.717) is 4.57 Å². The van der Waals surface area contributed by atoms with Gasteiger partial charge in [0.2, 0.25) is 0 Å². The third-order valence-corrected chi connectivity index (χ3v) is 1.58. The molecule has 0 atom stereocenters. The molecule has 1 aromatic heterocycles. The summed E-state index contributed by atoms with van der Waals surface area (Å²) in [6, 6.07) is 0. The van der Waals surface area contributed by atoms with Gasteiger partial charge in [-0.2, -0.15) is 0 Å². The summed E-state index contributed by atoms with van der Waals surface area (Å²) in [6.07, 6.45) is -0.331. The molecule has 0 unspecified atom stereocenters. The Bertz CT molecular complexity index is 384. The average molecular weight is 260 g/mol. The summed E-state index contributed by atoms with van der Waals surface area (Å²) in [5, 5.41) is 0. The van der Waals surface area contributed by atoms with E-state index in [-0.39, 0.29) is 15.5 Å². The van der Waals surface area contributed by atoms with Gasteiger partial charge in [-0.25, -0.2) is 4.98 Å². The van der Waals surface area contributed by atoms with Crippen molar-refractivity contribution in [3.8, 4) is 0 Å². The number of hydrogen-bond acceptors (Lipinski definition) is 1. The minimum Gasteiger partial charge on any atom is -0.325 e. The molecule has 0 aliphatic carbocycles. The van der Waals surface area contributed by atoms with Crippen LogP contribution >= 0.6 is 31.9 Å². The zero-order chi connectivity index (χ0) is 12.0. The Morgan fingerprint density at radius 1 is 2.11 bits per heavy atom. The first-order chi connectivity index (χ1) is 6.59. The first-order valence-electron chi connectivity index (χ1n) is 5.00. The molecule has 0 fully saturated rings. The third kappa shape index (κ3) is 1.55. The molecule has 0 radical (unpaired) electrons. The van der Waals surface area contributed by atoms with E-state index in [4.69, 9.17) is 8.22 Å². The van der Waals surface area contributed by atoms with Crippen LogP contribution in [0.2, 0.25) is 0 Å². The summed E-state index contributed by atoms with van der Waals surface area (Å²) < 4.78 is 44.3. The Kier molecular flexibility index (Phi) is 0.838. The van der Waals surface area contributed by atoms with Gasteiger partial charge in [-0.15, -0.1) is 0 Å². The predicted octanol–water partition coefficient (Wildman–Crippen LogP) is 2.43. The van der Waals surface area contributed by atoms with E-state index in [1.54, 1.807) is 0 Å². The molecule has 4 heteroatoms. The average Bonchev–Trinajstić information content (AvgIpc) is 2.24. The van der Waals surface area contributed by atoms with Crippen LogP contribution in [0, 0.1) is 0 Å². The van der Waals surface area contributed by atoms with Crippen LogP contribution in [0.15, 0.2) is 15.5 Å². The maximum absolute atomic E-state index is 7.49. The van der Waals surface area contributed by atoms with Gasteiger partial charge in [-0.1, -0.05) is 0 Å². The second kappa shape index (κ2) is 2.84. The molecule has 0 N–H and O–H groups in total. The molecule has 0 saturated heterocycles. The Balaban J connectivity index is 3.39. The minimum atomic E-state index is -2.87. The van der Waals surface area contributed by atoms with Gasteiger partial charge >= 0.3 is 0 Å². The minimum absolute atomic E-state index is 0.0412. The molecule has 0 bridgehead atoms. The van der Waals surface area contributed by atoms with Gasteiger partial charge in [0.1, 0.15) is 4.60 Å². The first-order valence-corrected chi connectivity index (χ1v) is 3.58. The maximum atomic E-state index is 7.49. The Labute approximate surface area is 79.0 Å². The molecule has 1 heterocycles. The molecule has 0 aliphatic heterocycles. The largest absolute Gasteiger partial charge is 0.325 e. The molecule has 1 rings (SSSR count). The van der Waals surface area contributed by atoms with Crippen molar-refractivity contribution in [1.82, 2.24) is 9.55 Å². The van der Waals surface area contributed by atoms with E-state index in [2.05, 4.69) is 36.8 Å². The van der Waals surface area contributed by atoms with Crippen LogP contribution < -0.4 is 0 Å². The van der Waals surface area contributed by atoms with Crippen LogP contribution in [0.3, 0.4) is 0 Å². The van der Waals surface area contributed by atoms with Crippen molar-refractivity contribution in [1.29, 1.82) is 0 Å². The molecule has 0 amide bonds. The standard InChI is InChI=1S/C5H6Br2N2/c1-2-9-3-4(6)8-5(9)7/h3H,2H2,1H3/i1D3,2D2,3D. The molecule has 9 heavy (non-hydrogen) atoms. The van der Waals surface area contributed by atoms with Crippen LogP contribution in [0.4, 0.5) is 0 Å². The van der Waals surface area contributed by atoms with Gasteiger partial charge < -0.3 is 4.57 Å². The van der Waals surface area contributed by atoms with Gasteiger partial charge in [0.05, 0.1) is 1.37 Å². The summed E-state index contributed by atoms with van der Waals surface area (Å²) in [5.41, 5.74) is 0. The van der Waals surface area contributed by atoms with Crippen molar-refractivity contribution in [2.24, 2.45) is 0 Å². The third-order valence-electron chi connectivity index (χ3n) is 0.691. The highest BCUT2D eigenvalue weighted by Crippen LogP contribution is 2.13. The lowest BCUT2D eigenvalue weighted by atomic mass is 10.7. The molecule has 0 aliphatic rings. The van der Waals surface area contributed by atoms with Gasteiger partial charge in [-0.3, -0.25) is 0 Å². The molecular formula is C5H6Br2N2. The molecule has 0 saturated carbocycles. The van der Waals surface area contributed by atoms with Crippen molar-refractivity contribution in [3.05, 3.63) is 15.5 Å². The zero-order valence-electron chi connectivity index (χ0n) is 10.2. The Morgan fingerprint density at radius 2 is 2.89 bits per heavy atom. The molecule has 50 valence electrons. The van der Waals surface area contributed by atoms with Crippen LogP contribution in [0.1, 0.15) is 15.1 Å². The molecule has 2 nitrogen and oxygen atoms in total. The van der Waals surface area contributed by atoms with Crippen molar-refractivity contribution in [3.63, 3.8) is 0 Å². The van der Waals surface area contributed by atoms with Crippen LogP contribution in [-0.4, -0.2) is 9.55 Å². The topological polar surface area (TPSA) is 17.8 Å². The lowest BCUT2D eigenvalue weighted by Crippen LogP contribution is -1.90. The van der Waals surface area contributed by atoms with Gasteiger partial charge in [-0.05, 0) is 38.7 Å². The van der Waals surface area contributed by atoms with Crippen LogP contribution in [0.25, 0.3) is 0 Å². The number of hydrogen-bond donors (Lipinski definition) is 0. The molecular weight excluding hydrogens is 248 g/mol. The van der Waals surface area contributed by atoms with E-state index in [0.717, 1.165) is 0 Å². The summed E-state index contributed by atoms with van der Waals surface area (Å²) in [5.74, 6) is 0. The second-order valence-corrected chi connectivity index (χ2v) is 2.69. The predicted molar refractivity (Wildman–Crippen MR) is 43.3 cm³/mol. The van der Waals surface area contributed by atoms with Crippen molar-refractivity contribution < 1.29 is 8.22 Å². The lowest BCUT2D eigenvalue weighted by Gasteiger charge is -1.93. The number of nitrogens with zero attached hydrogens (tertiary/aromatic N) is 2. The quantitative estimate of drug-likeness (QED) is 0.758. The smallest absolute Gasteiger partial charge is 0.178 e. The zero-order valence-corrected chi connectivity index (χ0v) is 7.32. The fourth-order valence-corrected chi connectivity index (χ4v) is 1.31. The lowest BCUT2D eigenvalue weighted by molar-refractivity contribution is 0.741. The maximum Gasteiger partial charge on any atom is 0.178 e. The van der Waals surface area contributed by atoms with E-state index in [1.807, 2.05) is 0 Å². The van der Waals surface area contributed by atoms with Crippen LogP contribution in [0.5, 0.6) is 0 Å². The normalized spacial score (nSPS) is 22.9. The van der Waals surface area contributed by atoms with Crippen molar-refractivity contribution in [2.45, 2.75) is 13.3 Å². The highest BCUT2D eigenvalue weighted by Gasteiger charge is 1.98. The van der Waals surface area contributed by atoms with E-state index < -0.39 is 13.3 Å². The summed E-state index contributed by atoms with van der Waals surface area (Å²) in [4.78, 5) is 3.71. The number of halogens is 2. The SMILES string of the molecule is [2H]c1c(Br)nc(Br)n1C([2H])([2H])C([2H])([2H])[2H].